The summed E-state index contributed by atoms with van der Waals surface area (Å²) < 4.78 is 4.65. The van der Waals surface area contributed by atoms with Gasteiger partial charge in [0.1, 0.15) is 5.82 Å². The van der Waals surface area contributed by atoms with E-state index in [0.717, 1.165) is 5.82 Å². The summed E-state index contributed by atoms with van der Waals surface area (Å²) in [5.74, 6) is 0.391. The number of H-pyrrole nitrogens is 1. The Kier molecular flexibility index (Phi) is 3.84. The van der Waals surface area contributed by atoms with Crippen LogP contribution in [0.4, 0.5) is 5.69 Å². The van der Waals surface area contributed by atoms with Crippen LogP contribution in [0.25, 0.3) is 0 Å². The number of halogens is 1. The Morgan fingerprint density at radius 1 is 1.56 bits per heavy atom. The lowest BCUT2D eigenvalue weighted by atomic mass is 10.2. The van der Waals surface area contributed by atoms with E-state index in [1.165, 1.54) is 7.11 Å². The molecule has 0 saturated carbocycles. The van der Waals surface area contributed by atoms with E-state index in [1.54, 1.807) is 30.6 Å². The van der Waals surface area contributed by atoms with Gasteiger partial charge in [0.2, 0.25) is 0 Å². The van der Waals surface area contributed by atoms with Crippen molar-refractivity contribution in [2.45, 2.75) is 6.54 Å². The third kappa shape index (κ3) is 2.81. The number of esters is 1. The Labute approximate surface area is 109 Å². The molecule has 0 radical (unpaired) electrons. The number of nitrogens with one attached hydrogen (secondary N) is 2. The van der Waals surface area contributed by atoms with Crippen LogP contribution in [0.1, 0.15) is 16.2 Å². The summed E-state index contributed by atoms with van der Waals surface area (Å²) in [7, 11) is 1.34. The normalized spacial score (nSPS) is 10.1. The summed E-state index contributed by atoms with van der Waals surface area (Å²) in [4.78, 5) is 18.4. The fraction of sp³-hybridized carbons (Fsp3) is 0.167. The molecule has 0 atom stereocenters. The number of ether oxygens (including phenoxy) is 1. The highest BCUT2D eigenvalue weighted by Gasteiger charge is 2.08. The minimum absolute atomic E-state index is 0.396. The maximum Gasteiger partial charge on any atom is 0.337 e. The van der Waals surface area contributed by atoms with E-state index in [2.05, 4.69) is 20.0 Å². The second-order valence-corrected chi connectivity index (χ2v) is 3.98. The number of methoxy groups -OCH3 is 1. The molecule has 1 aromatic heterocycles. The van der Waals surface area contributed by atoms with Crippen molar-refractivity contribution in [3.05, 3.63) is 47.0 Å². The fourth-order valence-electron chi connectivity index (χ4n) is 1.48. The van der Waals surface area contributed by atoms with E-state index in [-0.39, 0.29) is 0 Å². The number of hydrogen-bond acceptors (Lipinski definition) is 4. The Balaban J connectivity index is 2.13. The molecule has 0 aliphatic heterocycles. The number of hydrogen-bond donors (Lipinski definition) is 2. The SMILES string of the molecule is COC(=O)c1ccc(Cl)c(NCc2ncc[nH]2)c1. The Bertz CT molecular complexity index is 540. The van der Waals surface area contributed by atoms with Crippen LogP contribution >= 0.6 is 11.6 Å². The lowest BCUT2D eigenvalue weighted by Gasteiger charge is -2.08. The molecular formula is C12H12ClN3O2. The van der Waals surface area contributed by atoms with Crippen LogP contribution in [-0.2, 0) is 11.3 Å². The van der Waals surface area contributed by atoms with Gasteiger partial charge in [-0.25, -0.2) is 9.78 Å². The average Bonchev–Trinajstić information content (AvgIpc) is 2.90. The summed E-state index contributed by atoms with van der Waals surface area (Å²) in [5.41, 5.74) is 1.11. The Hall–Kier alpha value is -2.01. The van der Waals surface area contributed by atoms with Crippen LogP contribution in [-0.4, -0.2) is 23.0 Å². The van der Waals surface area contributed by atoms with Crippen molar-refractivity contribution >= 4 is 23.3 Å². The number of aromatic nitrogens is 2. The molecule has 0 spiro atoms. The maximum atomic E-state index is 11.4. The van der Waals surface area contributed by atoms with E-state index in [1.807, 2.05) is 0 Å². The number of imidazole rings is 1. The van der Waals surface area contributed by atoms with Crippen molar-refractivity contribution in [2.24, 2.45) is 0 Å². The van der Waals surface area contributed by atoms with Gasteiger partial charge in [0.05, 0.1) is 29.9 Å². The lowest BCUT2D eigenvalue weighted by Crippen LogP contribution is -2.05. The average molecular weight is 266 g/mol. The first-order valence-electron chi connectivity index (χ1n) is 5.30. The third-order valence-corrected chi connectivity index (χ3v) is 2.72. The molecule has 6 heteroatoms. The van der Waals surface area contributed by atoms with Crippen LogP contribution in [0.5, 0.6) is 0 Å². The molecule has 0 unspecified atom stereocenters. The largest absolute Gasteiger partial charge is 0.465 e. The molecule has 5 nitrogen and oxygen atoms in total. The summed E-state index contributed by atoms with van der Waals surface area (Å²) in [6.45, 7) is 0.497. The van der Waals surface area contributed by atoms with E-state index < -0.39 is 5.97 Å². The predicted molar refractivity (Wildman–Crippen MR) is 68.7 cm³/mol. The standard InChI is InChI=1S/C12H12ClN3O2/c1-18-12(17)8-2-3-9(13)10(6-8)16-7-11-14-4-5-15-11/h2-6,16H,7H2,1H3,(H,14,15). The molecule has 2 N–H and O–H groups in total. The number of carbonyl (C=O) groups excluding carboxylic acids is 1. The summed E-state index contributed by atoms with van der Waals surface area (Å²) >= 11 is 6.04. The Morgan fingerprint density at radius 2 is 2.39 bits per heavy atom. The predicted octanol–water partition coefficient (Wildman–Crippen LogP) is 2.46. The minimum Gasteiger partial charge on any atom is -0.465 e. The number of nitrogens with zero attached hydrogens (tertiary/aromatic N) is 1. The van der Waals surface area contributed by atoms with Gasteiger partial charge < -0.3 is 15.0 Å². The molecule has 0 aliphatic carbocycles. The van der Waals surface area contributed by atoms with Gasteiger partial charge in [0, 0.05) is 12.4 Å². The van der Waals surface area contributed by atoms with Gasteiger partial charge in [-0.1, -0.05) is 11.6 Å². The smallest absolute Gasteiger partial charge is 0.337 e. The number of rotatable bonds is 4. The zero-order valence-electron chi connectivity index (χ0n) is 9.74. The molecule has 0 saturated heterocycles. The van der Waals surface area contributed by atoms with E-state index in [9.17, 15) is 4.79 Å². The summed E-state index contributed by atoms with van der Waals surface area (Å²) in [6.07, 6.45) is 3.41. The summed E-state index contributed by atoms with van der Waals surface area (Å²) in [6, 6.07) is 4.92. The molecule has 0 aliphatic rings. The van der Waals surface area contributed by atoms with Crippen molar-refractivity contribution in [1.29, 1.82) is 0 Å². The second kappa shape index (κ2) is 5.55. The second-order valence-electron chi connectivity index (χ2n) is 3.58. The van der Waals surface area contributed by atoms with Gasteiger partial charge in [-0.3, -0.25) is 0 Å². The van der Waals surface area contributed by atoms with E-state index in [4.69, 9.17) is 11.6 Å². The van der Waals surface area contributed by atoms with Gasteiger partial charge in [-0.15, -0.1) is 0 Å². The van der Waals surface area contributed by atoms with Crippen molar-refractivity contribution in [3.8, 4) is 0 Å². The van der Waals surface area contributed by atoms with Gasteiger partial charge in [0.25, 0.3) is 0 Å². The van der Waals surface area contributed by atoms with Gasteiger partial charge in [0.15, 0.2) is 0 Å². The molecular weight excluding hydrogens is 254 g/mol. The van der Waals surface area contributed by atoms with Gasteiger partial charge in [-0.2, -0.15) is 0 Å². The van der Waals surface area contributed by atoms with E-state index >= 15 is 0 Å². The number of carbonyl (C=O) groups is 1. The first-order valence-corrected chi connectivity index (χ1v) is 5.68. The highest BCUT2D eigenvalue weighted by atomic mass is 35.5. The highest BCUT2D eigenvalue weighted by Crippen LogP contribution is 2.23. The van der Waals surface area contributed by atoms with Crippen molar-refractivity contribution < 1.29 is 9.53 Å². The summed E-state index contributed by atoms with van der Waals surface area (Å²) in [5, 5.41) is 3.64. The van der Waals surface area contributed by atoms with Gasteiger partial charge >= 0.3 is 5.97 Å². The molecule has 2 aromatic rings. The van der Waals surface area contributed by atoms with Crippen LogP contribution in [0.3, 0.4) is 0 Å². The molecule has 1 heterocycles. The molecule has 2 rings (SSSR count). The zero-order chi connectivity index (χ0) is 13.0. The Morgan fingerprint density at radius 3 is 3.06 bits per heavy atom. The molecule has 0 fully saturated rings. The number of benzene rings is 1. The van der Waals surface area contributed by atoms with Crippen molar-refractivity contribution in [2.75, 3.05) is 12.4 Å². The quantitative estimate of drug-likeness (QED) is 0.834. The maximum absolute atomic E-state index is 11.4. The zero-order valence-corrected chi connectivity index (χ0v) is 10.5. The monoisotopic (exact) mass is 265 g/mol. The molecule has 1 aromatic carbocycles. The number of anilines is 1. The first kappa shape index (κ1) is 12.4. The number of aromatic amines is 1. The van der Waals surface area contributed by atoms with Crippen molar-refractivity contribution in [1.82, 2.24) is 9.97 Å². The first-order chi connectivity index (χ1) is 8.70. The fourth-order valence-corrected chi connectivity index (χ4v) is 1.66. The lowest BCUT2D eigenvalue weighted by molar-refractivity contribution is 0.0601. The van der Waals surface area contributed by atoms with Gasteiger partial charge in [-0.05, 0) is 18.2 Å². The van der Waals surface area contributed by atoms with E-state index in [0.29, 0.717) is 22.8 Å². The van der Waals surface area contributed by atoms with Crippen LogP contribution in [0.2, 0.25) is 5.02 Å². The molecule has 0 amide bonds. The van der Waals surface area contributed by atoms with Crippen LogP contribution in [0.15, 0.2) is 30.6 Å². The molecule has 94 valence electrons. The third-order valence-electron chi connectivity index (χ3n) is 2.39. The topological polar surface area (TPSA) is 67.0 Å². The molecule has 18 heavy (non-hydrogen) atoms. The highest BCUT2D eigenvalue weighted by molar-refractivity contribution is 6.33. The van der Waals surface area contributed by atoms with Crippen molar-refractivity contribution in [3.63, 3.8) is 0 Å². The molecule has 0 bridgehead atoms. The van der Waals surface area contributed by atoms with Crippen LogP contribution < -0.4 is 5.32 Å². The minimum atomic E-state index is -0.396. The van der Waals surface area contributed by atoms with Crippen LogP contribution in [0, 0.1) is 0 Å².